The van der Waals surface area contributed by atoms with Crippen molar-refractivity contribution in [1.29, 1.82) is 0 Å². The minimum absolute atomic E-state index is 0.187. The molecule has 0 radical (unpaired) electrons. The smallest absolute Gasteiger partial charge is 0.234 e. The number of hydrogen-bond donors (Lipinski definition) is 6. The number of thioether (sulfide) groups is 3. The molecular formula is C12H26N6O3S3. The summed E-state index contributed by atoms with van der Waals surface area (Å²) in [5.41, 5.74) is 6.30. The van der Waals surface area contributed by atoms with Gasteiger partial charge in [-0.05, 0) is 0 Å². The van der Waals surface area contributed by atoms with E-state index >= 15 is 0 Å². The molecule has 0 aromatic heterocycles. The molecule has 0 aliphatic carbocycles. The summed E-state index contributed by atoms with van der Waals surface area (Å²) in [6.07, 6.45) is 1.11. The van der Waals surface area contributed by atoms with E-state index in [1.807, 2.05) is 0 Å². The van der Waals surface area contributed by atoms with Crippen LogP contribution in [-0.4, -0.2) is 51.7 Å². The van der Waals surface area contributed by atoms with Crippen LogP contribution in [0.3, 0.4) is 0 Å². The van der Waals surface area contributed by atoms with Crippen LogP contribution >= 0.6 is 35.3 Å². The molecule has 12 heteroatoms. The van der Waals surface area contributed by atoms with Crippen LogP contribution in [-0.2, 0) is 14.4 Å². The molecule has 0 saturated heterocycles. The predicted molar refractivity (Wildman–Crippen MR) is 102 cm³/mol. The standard InChI is InChI=1S/C12H26N6O3S3/c13-16-10(19)1-4-22-7-9(24-6-3-12(21)18-15)8-23-5-2-11(20)17-14/h9H,1-8,13-15H2,(H,16,19)(H,17,20)(H,18,21). The highest BCUT2D eigenvalue weighted by atomic mass is 32.2. The van der Waals surface area contributed by atoms with Gasteiger partial charge in [0.2, 0.25) is 17.7 Å². The largest absolute Gasteiger partial charge is 0.294 e. The van der Waals surface area contributed by atoms with E-state index in [0.717, 1.165) is 11.5 Å². The van der Waals surface area contributed by atoms with Gasteiger partial charge in [-0.15, -0.1) is 0 Å². The van der Waals surface area contributed by atoms with Gasteiger partial charge in [-0.1, -0.05) is 0 Å². The maximum Gasteiger partial charge on any atom is 0.234 e. The van der Waals surface area contributed by atoms with Crippen LogP contribution in [0.5, 0.6) is 0 Å². The molecule has 0 fully saturated rings. The number of hydrazine groups is 3. The third-order valence-electron chi connectivity index (χ3n) is 2.72. The SMILES string of the molecule is NNC(=O)CCSCC(CSCCC(=O)NN)SCCC(=O)NN. The molecule has 0 atom stereocenters. The zero-order chi connectivity index (χ0) is 18.2. The molecular weight excluding hydrogens is 372 g/mol. The Bertz CT molecular complexity index is 365. The molecule has 0 spiro atoms. The Morgan fingerprint density at radius 1 is 0.708 bits per heavy atom. The van der Waals surface area contributed by atoms with E-state index in [1.165, 1.54) is 0 Å². The molecule has 0 heterocycles. The van der Waals surface area contributed by atoms with Gasteiger partial charge < -0.3 is 0 Å². The summed E-state index contributed by atoms with van der Waals surface area (Å²) < 4.78 is 0. The van der Waals surface area contributed by atoms with Gasteiger partial charge in [-0.3, -0.25) is 30.7 Å². The van der Waals surface area contributed by atoms with Crippen molar-refractivity contribution in [3.63, 3.8) is 0 Å². The van der Waals surface area contributed by atoms with Crippen molar-refractivity contribution in [2.45, 2.75) is 24.5 Å². The summed E-state index contributed by atoms with van der Waals surface area (Å²) in [6, 6.07) is 0. The average Bonchev–Trinajstić information content (AvgIpc) is 2.60. The van der Waals surface area contributed by atoms with E-state index in [4.69, 9.17) is 17.5 Å². The Balaban J connectivity index is 4.05. The zero-order valence-electron chi connectivity index (χ0n) is 13.4. The maximum absolute atomic E-state index is 11.2. The van der Waals surface area contributed by atoms with Gasteiger partial charge in [0.05, 0.1) is 0 Å². The number of hydrogen-bond acceptors (Lipinski definition) is 9. The average molecular weight is 399 g/mol. The lowest BCUT2D eigenvalue weighted by molar-refractivity contribution is -0.121. The molecule has 0 unspecified atom stereocenters. The lowest BCUT2D eigenvalue weighted by Crippen LogP contribution is -2.30. The van der Waals surface area contributed by atoms with Gasteiger partial charge in [-0.2, -0.15) is 35.3 Å². The van der Waals surface area contributed by atoms with Gasteiger partial charge in [0.25, 0.3) is 0 Å². The second-order valence-corrected chi connectivity index (χ2v) is 8.30. The Hall–Kier alpha value is -0.660. The fourth-order valence-electron chi connectivity index (χ4n) is 1.44. The molecule has 0 aliphatic heterocycles. The van der Waals surface area contributed by atoms with Crippen LogP contribution in [0.1, 0.15) is 19.3 Å². The van der Waals surface area contributed by atoms with Crippen LogP contribution in [0.15, 0.2) is 0 Å². The summed E-state index contributed by atoms with van der Waals surface area (Å²) >= 11 is 5.01. The normalized spacial score (nSPS) is 10.5. The molecule has 0 rings (SSSR count). The lowest BCUT2D eigenvalue weighted by atomic mass is 10.5. The molecule has 3 amide bonds. The van der Waals surface area contributed by atoms with Crippen LogP contribution < -0.4 is 33.8 Å². The summed E-state index contributed by atoms with van der Waals surface area (Å²) in [5, 5.41) is 0.312. The first-order chi connectivity index (χ1) is 11.5. The first kappa shape index (κ1) is 23.3. The van der Waals surface area contributed by atoms with Crippen molar-refractivity contribution in [1.82, 2.24) is 16.3 Å². The number of nitrogens with two attached hydrogens (primary N) is 3. The van der Waals surface area contributed by atoms with Gasteiger partial charge in [-0.25, -0.2) is 17.5 Å². The maximum atomic E-state index is 11.2. The predicted octanol–water partition coefficient (Wildman–Crippen LogP) is -1.31. The number of nitrogens with one attached hydrogen (secondary N) is 3. The Morgan fingerprint density at radius 3 is 1.46 bits per heavy atom. The highest BCUT2D eigenvalue weighted by molar-refractivity contribution is 8.05. The zero-order valence-corrected chi connectivity index (χ0v) is 15.9. The van der Waals surface area contributed by atoms with Crippen molar-refractivity contribution in [2.24, 2.45) is 17.5 Å². The van der Waals surface area contributed by atoms with Crippen LogP contribution in [0, 0.1) is 0 Å². The lowest BCUT2D eigenvalue weighted by Gasteiger charge is -2.16. The van der Waals surface area contributed by atoms with Gasteiger partial charge >= 0.3 is 0 Å². The number of rotatable bonds is 14. The first-order valence-corrected chi connectivity index (χ1v) is 10.6. The molecule has 0 bridgehead atoms. The molecule has 140 valence electrons. The first-order valence-electron chi connectivity index (χ1n) is 7.28. The molecule has 0 aromatic carbocycles. The van der Waals surface area contributed by atoms with Gasteiger partial charge in [0.15, 0.2) is 0 Å². The van der Waals surface area contributed by atoms with Crippen molar-refractivity contribution in [3.8, 4) is 0 Å². The molecule has 9 nitrogen and oxygen atoms in total. The Morgan fingerprint density at radius 2 is 1.08 bits per heavy atom. The minimum Gasteiger partial charge on any atom is -0.294 e. The monoisotopic (exact) mass is 398 g/mol. The van der Waals surface area contributed by atoms with E-state index in [-0.39, 0.29) is 17.7 Å². The third kappa shape index (κ3) is 13.7. The molecule has 0 aromatic rings. The van der Waals surface area contributed by atoms with Crippen LogP contribution in [0.4, 0.5) is 0 Å². The minimum atomic E-state index is -0.194. The highest BCUT2D eigenvalue weighted by Crippen LogP contribution is 2.22. The van der Waals surface area contributed by atoms with Gasteiger partial charge in [0.1, 0.15) is 0 Å². The molecule has 9 N–H and O–H groups in total. The Kier molecular flexibility index (Phi) is 15.4. The third-order valence-corrected chi connectivity index (χ3v) is 6.65. The van der Waals surface area contributed by atoms with E-state index in [2.05, 4.69) is 16.3 Å². The quantitative estimate of drug-likeness (QED) is 0.0901. The second-order valence-electron chi connectivity index (χ2n) is 4.60. The topological polar surface area (TPSA) is 165 Å². The van der Waals surface area contributed by atoms with Crippen molar-refractivity contribution in [2.75, 3.05) is 28.8 Å². The van der Waals surface area contributed by atoms with Crippen molar-refractivity contribution < 1.29 is 14.4 Å². The van der Waals surface area contributed by atoms with Crippen molar-refractivity contribution >= 4 is 53.0 Å². The summed E-state index contributed by atoms with van der Waals surface area (Å²) in [5.74, 6) is 18.3. The van der Waals surface area contributed by atoms with E-state index in [9.17, 15) is 14.4 Å². The van der Waals surface area contributed by atoms with Crippen LogP contribution in [0.2, 0.25) is 0 Å². The van der Waals surface area contributed by atoms with E-state index in [0.29, 0.717) is 41.8 Å². The number of amides is 3. The van der Waals surface area contributed by atoms with E-state index < -0.39 is 0 Å². The van der Waals surface area contributed by atoms with Gasteiger partial charge in [0, 0.05) is 53.3 Å². The Labute approximate surface area is 154 Å². The molecule has 0 aliphatic rings. The fraction of sp³-hybridized carbons (Fsp3) is 0.750. The molecule has 0 saturated carbocycles. The summed E-state index contributed by atoms with van der Waals surface area (Å²) in [4.78, 5) is 33.3. The molecule has 24 heavy (non-hydrogen) atoms. The second kappa shape index (κ2) is 15.8. The highest BCUT2D eigenvalue weighted by Gasteiger charge is 2.12. The summed E-state index contributed by atoms with van der Waals surface area (Å²) in [6.45, 7) is 0. The van der Waals surface area contributed by atoms with E-state index in [1.54, 1.807) is 35.3 Å². The van der Waals surface area contributed by atoms with Crippen LogP contribution in [0.25, 0.3) is 0 Å². The fourth-order valence-corrected chi connectivity index (χ4v) is 5.33. The number of carbonyl (C=O) groups excluding carboxylic acids is 3. The van der Waals surface area contributed by atoms with Crippen molar-refractivity contribution in [3.05, 3.63) is 0 Å². The summed E-state index contributed by atoms with van der Waals surface area (Å²) in [7, 11) is 0. The number of carbonyl (C=O) groups is 3.